The number of alkyl halides is 1. The molecule has 0 unspecified atom stereocenters. The van der Waals surface area contributed by atoms with E-state index in [0.717, 1.165) is 31.9 Å². The number of unbranched alkanes of at least 4 members (excludes halogenated alkanes) is 5. The van der Waals surface area contributed by atoms with E-state index < -0.39 is 0 Å². The van der Waals surface area contributed by atoms with Gasteiger partial charge < -0.3 is 9.47 Å². The van der Waals surface area contributed by atoms with Gasteiger partial charge in [-0.3, -0.25) is 0 Å². The topological polar surface area (TPSA) is 18.5 Å². The summed E-state index contributed by atoms with van der Waals surface area (Å²) in [5.74, 6) is 0.803. The van der Waals surface area contributed by atoms with E-state index >= 15 is 0 Å². The third kappa shape index (κ3) is 12.2. The van der Waals surface area contributed by atoms with Gasteiger partial charge in [0.05, 0.1) is 0 Å². The van der Waals surface area contributed by atoms with Crippen molar-refractivity contribution in [3.05, 3.63) is 0 Å². The van der Waals surface area contributed by atoms with Gasteiger partial charge in [-0.15, -0.1) is 11.6 Å². The third-order valence-corrected chi connectivity index (χ3v) is 2.31. The summed E-state index contributed by atoms with van der Waals surface area (Å²) in [6.45, 7) is 3.98. The van der Waals surface area contributed by atoms with Crippen molar-refractivity contribution in [2.24, 2.45) is 0 Å². The number of halogens is 1. The van der Waals surface area contributed by atoms with E-state index in [0.29, 0.717) is 6.79 Å². The Morgan fingerprint density at radius 2 is 1.50 bits per heavy atom. The molecule has 0 heterocycles. The zero-order valence-electron chi connectivity index (χ0n) is 9.27. The highest BCUT2D eigenvalue weighted by Gasteiger charge is 1.91. The minimum atomic E-state index is 0.447. The molecule has 0 aliphatic heterocycles. The Labute approximate surface area is 92.9 Å². The van der Waals surface area contributed by atoms with Gasteiger partial charge in [0.1, 0.15) is 6.79 Å². The molecule has 0 bridgehead atoms. The highest BCUT2D eigenvalue weighted by Crippen LogP contribution is 2.05. The molecule has 0 spiro atoms. The number of hydrogen-bond donors (Lipinski definition) is 0. The molecule has 0 saturated carbocycles. The van der Waals surface area contributed by atoms with E-state index in [2.05, 4.69) is 0 Å². The zero-order valence-corrected chi connectivity index (χ0v) is 10.0. The van der Waals surface area contributed by atoms with E-state index in [9.17, 15) is 0 Å². The maximum atomic E-state index is 5.58. The van der Waals surface area contributed by atoms with Crippen molar-refractivity contribution >= 4 is 11.6 Å². The van der Waals surface area contributed by atoms with Crippen molar-refractivity contribution in [1.82, 2.24) is 0 Å². The third-order valence-electron chi connectivity index (χ3n) is 2.04. The monoisotopic (exact) mass is 222 g/mol. The first-order valence-electron chi connectivity index (χ1n) is 5.63. The Balaban J connectivity index is 2.78. The number of ether oxygens (including phenoxy) is 2. The highest BCUT2D eigenvalue weighted by atomic mass is 35.5. The summed E-state index contributed by atoms with van der Waals surface area (Å²) in [5.41, 5.74) is 0. The van der Waals surface area contributed by atoms with Crippen LogP contribution in [0.25, 0.3) is 0 Å². The van der Waals surface area contributed by atoms with Gasteiger partial charge in [-0.05, 0) is 19.8 Å². The number of hydrogen-bond acceptors (Lipinski definition) is 2. The van der Waals surface area contributed by atoms with Crippen LogP contribution in [0, 0.1) is 0 Å². The zero-order chi connectivity index (χ0) is 10.5. The van der Waals surface area contributed by atoms with Crippen molar-refractivity contribution in [3.63, 3.8) is 0 Å². The van der Waals surface area contributed by atoms with Gasteiger partial charge in [0.25, 0.3) is 0 Å². The molecule has 0 aromatic heterocycles. The average Bonchev–Trinajstić information content (AvgIpc) is 2.21. The molecule has 0 aliphatic carbocycles. The first kappa shape index (κ1) is 14.2. The highest BCUT2D eigenvalue weighted by molar-refractivity contribution is 6.17. The summed E-state index contributed by atoms with van der Waals surface area (Å²) in [6, 6.07) is 0. The van der Waals surface area contributed by atoms with Gasteiger partial charge in [0.15, 0.2) is 0 Å². The van der Waals surface area contributed by atoms with Crippen LogP contribution in [-0.2, 0) is 9.47 Å². The van der Waals surface area contributed by atoms with Crippen molar-refractivity contribution in [1.29, 1.82) is 0 Å². The smallest absolute Gasteiger partial charge is 0.146 e. The fourth-order valence-corrected chi connectivity index (χ4v) is 1.40. The largest absolute Gasteiger partial charge is 0.356 e. The lowest BCUT2D eigenvalue weighted by Gasteiger charge is -2.03. The van der Waals surface area contributed by atoms with Crippen LogP contribution in [-0.4, -0.2) is 25.9 Å². The quantitative estimate of drug-likeness (QED) is 0.302. The maximum absolute atomic E-state index is 5.58. The van der Waals surface area contributed by atoms with Gasteiger partial charge in [-0.1, -0.05) is 25.7 Å². The van der Waals surface area contributed by atoms with Crippen LogP contribution in [0.4, 0.5) is 0 Å². The van der Waals surface area contributed by atoms with Crippen molar-refractivity contribution in [2.75, 3.05) is 25.9 Å². The molecule has 0 atom stereocenters. The van der Waals surface area contributed by atoms with Crippen molar-refractivity contribution in [3.8, 4) is 0 Å². The molecule has 3 heteroatoms. The summed E-state index contributed by atoms with van der Waals surface area (Å²) >= 11 is 5.58. The maximum Gasteiger partial charge on any atom is 0.146 e. The van der Waals surface area contributed by atoms with Crippen LogP contribution < -0.4 is 0 Å². The van der Waals surface area contributed by atoms with Crippen LogP contribution in [0.2, 0.25) is 0 Å². The second-order valence-corrected chi connectivity index (χ2v) is 3.71. The van der Waals surface area contributed by atoms with Crippen LogP contribution in [0.1, 0.15) is 45.4 Å². The van der Waals surface area contributed by atoms with E-state index in [-0.39, 0.29) is 0 Å². The molecule has 0 rings (SSSR count). The van der Waals surface area contributed by atoms with E-state index in [1.807, 2.05) is 6.92 Å². The van der Waals surface area contributed by atoms with E-state index in [1.54, 1.807) is 0 Å². The van der Waals surface area contributed by atoms with Gasteiger partial charge in [0, 0.05) is 19.1 Å². The van der Waals surface area contributed by atoms with Gasteiger partial charge in [0.2, 0.25) is 0 Å². The first-order chi connectivity index (χ1) is 6.91. The fourth-order valence-electron chi connectivity index (χ4n) is 1.21. The van der Waals surface area contributed by atoms with E-state index in [4.69, 9.17) is 21.1 Å². The Kier molecular flexibility index (Phi) is 13.4. The van der Waals surface area contributed by atoms with Gasteiger partial charge in [-0.2, -0.15) is 0 Å². The Morgan fingerprint density at radius 3 is 2.14 bits per heavy atom. The molecular formula is C11H23ClO2. The standard InChI is InChI=1S/C11H23ClO2/c1-2-13-11-14-10-8-6-4-3-5-7-9-12/h2-11H2,1H3. The lowest BCUT2D eigenvalue weighted by Crippen LogP contribution is -2.00. The SMILES string of the molecule is CCOCOCCCCCCCCCl. The molecule has 0 fully saturated rings. The molecule has 0 radical (unpaired) electrons. The molecule has 0 aromatic rings. The first-order valence-corrected chi connectivity index (χ1v) is 6.16. The van der Waals surface area contributed by atoms with Crippen LogP contribution >= 0.6 is 11.6 Å². The average molecular weight is 223 g/mol. The normalized spacial score (nSPS) is 10.7. The predicted octanol–water partition coefficient (Wildman–Crippen LogP) is 3.58. The summed E-state index contributed by atoms with van der Waals surface area (Å²) in [7, 11) is 0. The summed E-state index contributed by atoms with van der Waals surface area (Å²) in [6.07, 6.45) is 7.43. The van der Waals surface area contributed by atoms with Crippen molar-refractivity contribution in [2.45, 2.75) is 45.4 Å². The van der Waals surface area contributed by atoms with Crippen LogP contribution in [0.5, 0.6) is 0 Å². The molecule has 0 aliphatic rings. The molecular weight excluding hydrogens is 200 g/mol. The Morgan fingerprint density at radius 1 is 0.857 bits per heavy atom. The van der Waals surface area contributed by atoms with Crippen molar-refractivity contribution < 1.29 is 9.47 Å². The molecule has 2 nitrogen and oxygen atoms in total. The lowest BCUT2D eigenvalue weighted by molar-refractivity contribution is -0.0502. The number of rotatable bonds is 11. The second-order valence-electron chi connectivity index (χ2n) is 3.33. The fraction of sp³-hybridized carbons (Fsp3) is 1.00. The van der Waals surface area contributed by atoms with Gasteiger partial charge >= 0.3 is 0 Å². The lowest BCUT2D eigenvalue weighted by atomic mass is 10.1. The molecule has 14 heavy (non-hydrogen) atoms. The molecule has 0 aromatic carbocycles. The molecule has 0 saturated heterocycles. The minimum absolute atomic E-state index is 0.447. The van der Waals surface area contributed by atoms with Gasteiger partial charge in [-0.25, -0.2) is 0 Å². The summed E-state index contributed by atoms with van der Waals surface area (Å²) < 4.78 is 10.3. The summed E-state index contributed by atoms with van der Waals surface area (Å²) in [5, 5.41) is 0. The molecule has 0 N–H and O–H groups in total. The second kappa shape index (κ2) is 13.2. The Hall–Kier alpha value is 0.210. The molecule has 86 valence electrons. The predicted molar refractivity (Wildman–Crippen MR) is 60.9 cm³/mol. The minimum Gasteiger partial charge on any atom is -0.356 e. The van der Waals surface area contributed by atoms with E-state index in [1.165, 1.54) is 25.7 Å². The summed E-state index contributed by atoms with van der Waals surface area (Å²) in [4.78, 5) is 0. The molecule has 0 amide bonds. The van der Waals surface area contributed by atoms with Crippen LogP contribution in [0.3, 0.4) is 0 Å². The van der Waals surface area contributed by atoms with Crippen LogP contribution in [0.15, 0.2) is 0 Å². The Bertz CT molecular complexity index is 87.3.